The zero-order chi connectivity index (χ0) is 53.9. The van der Waals surface area contributed by atoms with Crippen molar-refractivity contribution in [2.24, 2.45) is 11.1 Å². The number of carbonyl (C=O) groups is 1. The summed E-state index contributed by atoms with van der Waals surface area (Å²) in [6, 6.07) is 25.7. The van der Waals surface area contributed by atoms with Crippen LogP contribution in [0.1, 0.15) is 107 Å². The number of oxime groups is 1. The molecule has 7 aromatic rings. The summed E-state index contributed by atoms with van der Waals surface area (Å²) in [5, 5.41) is 43.4. The summed E-state index contributed by atoms with van der Waals surface area (Å²) in [7, 11) is 0. The minimum Gasteiger partial charge on any atom is -0.507 e. The van der Waals surface area contributed by atoms with Gasteiger partial charge in [0.05, 0.1) is 23.5 Å². The zero-order valence-corrected chi connectivity index (χ0v) is 44.8. The van der Waals surface area contributed by atoms with E-state index in [0.717, 1.165) is 111 Å². The Morgan fingerprint density at radius 3 is 2.28 bits per heavy atom. The first-order valence-electron chi connectivity index (χ1n) is 28.2. The van der Waals surface area contributed by atoms with E-state index >= 15 is 0 Å². The molecule has 5 fully saturated rings. The first kappa shape index (κ1) is 50.8. The number of likely N-dealkylation sites (tertiary alicyclic amines) is 2. The van der Waals surface area contributed by atoms with E-state index < -0.39 is 23.8 Å². The Morgan fingerprint density at radius 2 is 1.56 bits per heavy atom. The van der Waals surface area contributed by atoms with Crippen LogP contribution in [0.25, 0.3) is 33.4 Å². The molecule has 18 nitrogen and oxygen atoms in total. The molecule has 1 saturated carbocycles. The summed E-state index contributed by atoms with van der Waals surface area (Å²) in [5.74, 6) is 1.40. The molecule has 19 heteroatoms. The van der Waals surface area contributed by atoms with Gasteiger partial charge < -0.3 is 54.2 Å². The van der Waals surface area contributed by atoms with Crippen LogP contribution in [0.3, 0.4) is 0 Å². The molecule has 4 aromatic heterocycles. The van der Waals surface area contributed by atoms with Gasteiger partial charge in [-0.15, -0.1) is 10.2 Å². The highest BCUT2D eigenvalue weighted by Gasteiger charge is 2.47. The van der Waals surface area contributed by atoms with Gasteiger partial charge in [-0.3, -0.25) is 4.79 Å². The van der Waals surface area contributed by atoms with Gasteiger partial charge in [0.25, 0.3) is 5.88 Å². The van der Waals surface area contributed by atoms with Gasteiger partial charge in [-0.2, -0.15) is 0 Å². The third-order valence-electron chi connectivity index (χ3n) is 17.7. The van der Waals surface area contributed by atoms with Gasteiger partial charge in [0.15, 0.2) is 17.2 Å². The summed E-state index contributed by atoms with van der Waals surface area (Å²) in [6.45, 7) is 9.74. The maximum Gasteiger partial charge on any atom is 0.254 e. The highest BCUT2D eigenvalue weighted by Crippen LogP contribution is 2.41. The molecule has 4 N–H and O–H groups in total. The summed E-state index contributed by atoms with van der Waals surface area (Å²) in [6.07, 6.45) is 13.9. The number of nitrogens with zero attached hydrogens (tertiary/aromatic N) is 10. The molecule has 410 valence electrons. The van der Waals surface area contributed by atoms with Crippen molar-refractivity contribution < 1.29 is 33.5 Å². The van der Waals surface area contributed by atoms with E-state index in [1.807, 2.05) is 69.4 Å². The van der Waals surface area contributed by atoms with Gasteiger partial charge in [-0.1, -0.05) is 73.6 Å². The molecule has 13 rings (SSSR count). The molecule has 6 atom stereocenters. The van der Waals surface area contributed by atoms with E-state index in [-0.39, 0.29) is 36.0 Å². The van der Waals surface area contributed by atoms with E-state index in [1.165, 1.54) is 11.6 Å². The van der Waals surface area contributed by atoms with Gasteiger partial charge in [-0.25, -0.2) is 14.4 Å². The fourth-order valence-corrected chi connectivity index (χ4v) is 13.5. The molecule has 2 unspecified atom stereocenters. The second kappa shape index (κ2) is 20.9. The summed E-state index contributed by atoms with van der Waals surface area (Å²) < 4.78 is 26.8. The molecular formula is C60H67FN12O6. The number of aliphatic hydroxyl groups excluding tert-OH is 1. The number of aromatic amines is 1. The number of piperazine rings is 1. The van der Waals surface area contributed by atoms with Crippen molar-refractivity contribution in [1.82, 2.24) is 45.4 Å². The van der Waals surface area contributed by atoms with E-state index in [0.29, 0.717) is 64.8 Å². The van der Waals surface area contributed by atoms with Crippen molar-refractivity contribution in [1.29, 1.82) is 0 Å². The van der Waals surface area contributed by atoms with Crippen molar-refractivity contribution in [3.8, 4) is 34.0 Å². The van der Waals surface area contributed by atoms with Crippen LogP contribution in [0, 0.1) is 11.7 Å². The number of anilines is 2. The number of hydrogen-bond donors (Lipinski definition) is 4. The Morgan fingerprint density at radius 1 is 0.848 bits per heavy atom. The fourth-order valence-electron chi connectivity index (χ4n) is 13.5. The molecule has 9 heterocycles. The lowest BCUT2D eigenvalue weighted by Crippen LogP contribution is -2.54. The number of β-amino-alcohol motifs (C(OH)–C–C–N with tert-alkyl or cyclic N) is 1. The predicted octanol–water partition coefficient (Wildman–Crippen LogP) is 8.85. The standard InChI is InChI=1S/C60H67FN12O6/c1-35(2)55(58(76)72-34-43(74)26-50(72)57-65-60(3,79-69-57)39-14-12-37(13-15-39)45-8-4-6-10-48(45)61)53-28-54(68-78-53)77-44-20-18-40(19-21-44)70-24-22-36(23-25-70)38-29-63-59(64-30-38)73-41-16-17-42(73)33-71(32-41)51-31-62-56-47(51)27-49(66-67-56)46-9-5-7-11-52(46)75/h4-15,27-31,35-36,40-44,50,55,74-75H,16-26,32-34H2,1-3H3,(H,62,67)(H,65,69)/t40-,41?,42?,43-,44-,50+,55-,60-/m1/s1. The van der Waals surface area contributed by atoms with Crippen molar-refractivity contribution >= 4 is 34.4 Å². The van der Waals surface area contributed by atoms with E-state index in [4.69, 9.17) is 24.1 Å². The molecule has 3 aromatic carbocycles. The van der Waals surface area contributed by atoms with Gasteiger partial charge in [0, 0.05) is 97.8 Å². The van der Waals surface area contributed by atoms with Crippen LogP contribution in [0.5, 0.6) is 11.6 Å². The number of nitrogens with one attached hydrogen (secondary N) is 2. The van der Waals surface area contributed by atoms with Crippen LogP contribution in [-0.4, -0.2) is 131 Å². The SMILES string of the molecule is CC(C)[C@@H](C(=O)N1C[C@H](O)C[C@H]1C1=NO[C@](C)(c2ccc(-c3ccccc3F)cc2)N1)c1cc(O[C@H]2CC[C@H](N3CCC(c4cnc(N5C6CCC5CN(c5c[nH]c7nnc(-c8ccccc8O)cc57)C6)nc4)CC3)CC2)no1. The Bertz CT molecular complexity index is 3340. The zero-order valence-electron chi connectivity index (χ0n) is 44.8. The normalized spacial score (nSPS) is 25.9. The average Bonchev–Trinajstić information content (AvgIpc) is 4.48. The number of amidine groups is 1. The lowest BCUT2D eigenvalue weighted by molar-refractivity contribution is -0.134. The highest BCUT2D eigenvalue weighted by atomic mass is 19.1. The molecule has 4 saturated heterocycles. The van der Waals surface area contributed by atoms with Crippen molar-refractivity contribution in [3.05, 3.63) is 126 Å². The molecule has 0 spiro atoms. The first-order chi connectivity index (χ1) is 38.4. The number of piperidine rings is 1. The Hall–Kier alpha value is -7.64. The smallest absolute Gasteiger partial charge is 0.254 e. The molecule has 6 aliphatic rings. The van der Waals surface area contributed by atoms with Crippen LogP contribution < -0.4 is 19.9 Å². The van der Waals surface area contributed by atoms with Crippen molar-refractivity contribution in [2.45, 2.75) is 132 Å². The first-order valence-corrected chi connectivity index (χ1v) is 28.2. The predicted molar refractivity (Wildman–Crippen MR) is 296 cm³/mol. The summed E-state index contributed by atoms with van der Waals surface area (Å²) in [4.78, 5) is 43.1. The number of ether oxygens (including phenoxy) is 1. The Kier molecular flexibility index (Phi) is 13.4. The lowest BCUT2D eigenvalue weighted by atomic mass is 9.87. The molecule has 1 aliphatic carbocycles. The molecule has 2 bridgehead atoms. The van der Waals surface area contributed by atoms with Gasteiger partial charge in [-0.05, 0) is 117 Å². The van der Waals surface area contributed by atoms with Crippen LogP contribution in [0.4, 0.5) is 16.0 Å². The number of hydrogen-bond acceptors (Lipinski definition) is 16. The van der Waals surface area contributed by atoms with Crippen LogP contribution in [0.15, 0.2) is 113 Å². The molecule has 1 amide bonds. The Labute approximate surface area is 458 Å². The van der Waals surface area contributed by atoms with Gasteiger partial charge in [0.1, 0.15) is 23.6 Å². The number of aromatic nitrogens is 6. The van der Waals surface area contributed by atoms with Crippen molar-refractivity contribution in [3.63, 3.8) is 0 Å². The fraction of sp³-hybridized carbons (Fsp3) is 0.450. The third-order valence-corrected chi connectivity index (χ3v) is 17.7. The summed E-state index contributed by atoms with van der Waals surface area (Å²) >= 11 is 0. The second-order valence-electron chi connectivity index (χ2n) is 23.0. The quantitative estimate of drug-likeness (QED) is 0.0851. The second-order valence-corrected chi connectivity index (χ2v) is 23.0. The number of halogens is 1. The average molecular weight is 1070 g/mol. The molecular weight excluding hydrogens is 1000 g/mol. The number of aromatic hydroxyl groups is 1. The van der Waals surface area contributed by atoms with E-state index in [1.54, 1.807) is 41.3 Å². The Balaban J connectivity index is 0.578. The minimum atomic E-state index is -1.04. The molecule has 0 radical (unpaired) electrons. The number of fused-ring (bicyclic) bond motifs is 3. The monoisotopic (exact) mass is 1070 g/mol. The summed E-state index contributed by atoms with van der Waals surface area (Å²) in [5.41, 5.74) is 5.35. The number of amides is 1. The number of H-pyrrole nitrogens is 1. The van der Waals surface area contributed by atoms with Crippen molar-refractivity contribution in [2.75, 3.05) is 42.5 Å². The van der Waals surface area contributed by atoms with E-state index in [9.17, 15) is 19.4 Å². The number of carbonyl (C=O) groups excluding carboxylic acids is 1. The maximum absolute atomic E-state index is 14.5. The number of phenols is 1. The largest absolute Gasteiger partial charge is 0.507 e. The highest BCUT2D eigenvalue weighted by molar-refractivity contribution is 5.95. The number of rotatable bonds is 13. The minimum absolute atomic E-state index is 0.00359. The molecule has 5 aliphatic heterocycles. The number of para-hydroxylation sites is 1. The maximum atomic E-state index is 14.5. The van der Waals surface area contributed by atoms with Crippen LogP contribution in [-0.2, 0) is 15.4 Å². The van der Waals surface area contributed by atoms with Gasteiger partial charge >= 0.3 is 0 Å². The topological polar surface area (TPSA) is 207 Å². The lowest BCUT2D eigenvalue weighted by Gasteiger charge is -2.42. The van der Waals surface area contributed by atoms with Crippen LogP contribution in [0.2, 0.25) is 0 Å². The number of phenolic OH excluding ortho intramolecular Hbond substituents is 1. The number of benzene rings is 3. The molecule has 79 heavy (non-hydrogen) atoms. The van der Waals surface area contributed by atoms with Gasteiger partial charge in [0.2, 0.25) is 17.6 Å². The van der Waals surface area contributed by atoms with E-state index in [2.05, 4.69) is 57.9 Å². The van der Waals surface area contributed by atoms with Crippen LogP contribution >= 0.6 is 0 Å². The number of aliphatic hydroxyl groups is 1. The third kappa shape index (κ3) is 9.78.